The highest BCUT2D eigenvalue weighted by molar-refractivity contribution is 6.23. The predicted molar refractivity (Wildman–Crippen MR) is 360 cm³/mol. The number of aryl methyl sites for hydroxylation is 4. The number of para-hydroxylation sites is 1. The topological polar surface area (TPSA) is 45.4 Å². The second-order valence-electron chi connectivity index (χ2n) is 26.1. The van der Waals surface area contributed by atoms with Gasteiger partial charge in [0.2, 0.25) is 0 Å². The van der Waals surface area contributed by atoms with E-state index < -0.39 is 5.41 Å². The van der Waals surface area contributed by atoms with Crippen molar-refractivity contribution in [1.29, 1.82) is 0 Å². The third-order valence-corrected chi connectivity index (χ3v) is 18.3. The molecule has 5 nitrogen and oxygen atoms in total. The minimum atomic E-state index is -0.844. The number of benzene rings is 10. The number of hydrogen-bond donors (Lipinski definition) is 0. The largest absolute Gasteiger partial charge is 0.455 e. The second kappa shape index (κ2) is 19.6. The van der Waals surface area contributed by atoms with Gasteiger partial charge in [-0.15, -0.1) is 0 Å². The molecule has 0 fully saturated rings. The van der Waals surface area contributed by atoms with Crippen molar-refractivity contribution in [3.05, 3.63) is 286 Å². The third kappa shape index (κ3) is 8.19. The molecule has 0 radical (unpaired) electrons. The average molecular weight is 1110 g/mol. The first kappa shape index (κ1) is 52.9. The van der Waals surface area contributed by atoms with Crippen molar-refractivity contribution in [2.45, 2.75) is 85.5 Å². The molecule has 10 aromatic carbocycles. The van der Waals surface area contributed by atoms with Gasteiger partial charge in [0.25, 0.3) is 0 Å². The summed E-state index contributed by atoms with van der Waals surface area (Å²) in [4.78, 5) is 15.9. The number of hydrogen-bond acceptors (Lipinski definition) is 5. The Labute approximate surface area is 504 Å². The minimum Gasteiger partial charge on any atom is -0.455 e. The quantitative estimate of drug-likeness (QED) is 0.152. The van der Waals surface area contributed by atoms with Gasteiger partial charge in [-0.3, -0.25) is 9.80 Å². The molecule has 0 saturated carbocycles. The summed E-state index contributed by atoms with van der Waals surface area (Å²) in [6, 6.07) is 81.7. The van der Waals surface area contributed by atoms with Crippen molar-refractivity contribution < 1.29 is 4.42 Å². The van der Waals surface area contributed by atoms with Gasteiger partial charge < -0.3 is 4.42 Å². The first-order valence-electron chi connectivity index (χ1n) is 30.2. The van der Waals surface area contributed by atoms with E-state index in [0.29, 0.717) is 0 Å². The molecular formula is C81H68N4O. The van der Waals surface area contributed by atoms with Crippen LogP contribution in [0.3, 0.4) is 0 Å². The number of furan rings is 1. The number of fused-ring (bicyclic) bond motifs is 16. The molecule has 3 heterocycles. The SMILES string of the molecule is Cc1ccc(-c2cc(C)cnc2N(c2ccc(C(C)(C)C)cc2)c2cc3c(c4ccccc24)-c2c(cc(N(c4ccc(C(C)(C)C)cc4)c4ncc(C)cc4-c4ccc(C)cc4)c4c2oc2ccccc24)C32c3ccccc3-c3ccccc32)cc1. The second-order valence-corrected chi connectivity index (χ2v) is 26.1. The van der Waals surface area contributed by atoms with Crippen LogP contribution in [0.1, 0.15) is 97.2 Å². The Morgan fingerprint density at radius 1 is 0.372 bits per heavy atom. The number of aromatic nitrogens is 2. The maximum absolute atomic E-state index is 7.63. The first-order chi connectivity index (χ1) is 41.6. The Balaban J connectivity index is 1.11. The lowest BCUT2D eigenvalue weighted by molar-refractivity contribution is 0.590. The molecule has 0 amide bonds. The molecule has 0 bridgehead atoms. The van der Waals surface area contributed by atoms with Gasteiger partial charge in [0.05, 0.1) is 22.2 Å². The van der Waals surface area contributed by atoms with E-state index in [4.69, 9.17) is 14.4 Å². The van der Waals surface area contributed by atoms with E-state index in [-0.39, 0.29) is 10.8 Å². The summed E-state index contributed by atoms with van der Waals surface area (Å²) in [5, 5.41) is 4.30. The summed E-state index contributed by atoms with van der Waals surface area (Å²) in [5.74, 6) is 1.69. The van der Waals surface area contributed by atoms with Crippen LogP contribution < -0.4 is 9.80 Å². The van der Waals surface area contributed by atoms with E-state index in [2.05, 4.69) is 297 Å². The highest BCUT2D eigenvalue weighted by atomic mass is 16.3. The molecule has 5 heteroatoms. The molecule has 2 aliphatic carbocycles. The zero-order chi connectivity index (χ0) is 59.0. The summed E-state index contributed by atoms with van der Waals surface area (Å²) >= 11 is 0. The Hall–Kier alpha value is -9.84. The Morgan fingerprint density at radius 3 is 1.31 bits per heavy atom. The van der Waals surface area contributed by atoms with E-state index in [9.17, 15) is 0 Å². The zero-order valence-corrected chi connectivity index (χ0v) is 50.6. The molecule has 0 N–H and O–H groups in total. The normalized spacial score (nSPS) is 13.1. The monoisotopic (exact) mass is 1110 g/mol. The Morgan fingerprint density at radius 2 is 0.802 bits per heavy atom. The van der Waals surface area contributed by atoms with Gasteiger partial charge in [-0.2, -0.15) is 0 Å². The fourth-order valence-corrected chi connectivity index (χ4v) is 14.0. The maximum atomic E-state index is 7.63. The minimum absolute atomic E-state index is 0.0513. The number of anilines is 6. The van der Waals surface area contributed by atoms with Crippen molar-refractivity contribution >= 4 is 67.1 Å². The third-order valence-electron chi connectivity index (χ3n) is 18.3. The summed E-state index contributed by atoms with van der Waals surface area (Å²) < 4.78 is 7.63. The molecule has 0 atom stereocenters. The van der Waals surface area contributed by atoms with Gasteiger partial charge in [-0.25, -0.2) is 9.97 Å². The van der Waals surface area contributed by atoms with Crippen molar-refractivity contribution in [1.82, 2.24) is 9.97 Å². The van der Waals surface area contributed by atoms with Gasteiger partial charge in [0, 0.05) is 51.2 Å². The fraction of sp³-hybridized carbons (Fsp3) is 0.160. The Bertz CT molecular complexity index is 4820. The summed E-state index contributed by atoms with van der Waals surface area (Å²) in [6.07, 6.45) is 4.04. The maximum Gasteiger partial charge on any atom is 0.145 e. The zero-order valence-electron chi connectivity index (χ0n) is 50.6. The number of rotatable bonds is 8. The summed E-state index contributed by atoms with van der Waals surface area (Å²) in [5.41, 5.74) is 25.7. The van der Waals surface area contributed by atoms with Crippen LogP contribution in [0.25, 0.3) is 77.2 Å². The predicted octanol–water partition coefficient (Wildman–Crippen LogP) is 22.0. The lowest BCUT2D eigenvalue weighted by Crippen LogP contribution is -2.27. The standard InChI is InChI=1S/C81H68N4O/c1-49-27-31-53(32-28-49)64-43-51(3)47-82-77(64)84(57-39-35-55(36-40-57)79(5,6)7)70-45-68-73(62-22-12-11-21-61(62)70)75-69(81(68)66-24-16-13-19-59(66)60-20-14-17-25-67(60)81)46-71(74-63-23-15-18-26-72(63)86-76(74)75)85(58-41-37-56(38-42-58)80(8,9)10)78-65(44-52(4)48-83-78)54-33-29-50(2)30-34-54/h11-48H,1-10H3. The Kier molecular flexibility index (Phi) is 12.1. The summed E-state index contributed by atoms with van der Waals surface area (Å²) in [6.45, 7) is 22.3. The van der Waals surface area contributed by atoms with Crippen molar-refractivity contribution in [3.8, 4) is 44.5 Å². The molecule has 13 aromatic rings. The molecule has 418 valence electrons. The van der Waals surface area contributed by atoms with Crippen molar-refractivity contribution in [2.75, 3.05) is 9.80 Å². The van der Waals surface area contributed by atoms with Crippen LogP contribution in [-0.2, 0) is 16.2 Å². The van der Waals surface area contributed by atoms with Crippen LogP contribution in [0.4, 0.5) is 34.4 Å². The van der Waals surface area contributed by atoms with Crippen LogP contribution >= 0.6 is 0 Å². The van der Waals surface area contributed by atoms with Gasteiger partial charge in [-0.1, -0.05) is 216 Å². The lowest BCUT2D eigenvalue weighted by atomic mass is 9.70. The van der Waals surface area contributed by atoms with Crippen LogP contribution in [-0.4, -0.2) is 9.97 Å². The molecule has 1 spiro atoms. The number of pyridine rings is 2. The van der Waals surface area contributed by atoms with Gasteiger partial charge >= 0.3 is 0 Å². The molecule has 15 rings (SSSR count). The molecule has 86 heavy (non-hydrogen) atoms. The van der Waals surface area contributed by atoms with E-state index in [1.807, 2.05) is 12.4 Å². The lowest BCUT2D eigenvalue weighted by Gasteiger charge is -2.34. The molecule has 2 aliphatic rings. The van der Waals surface area contributed by atoms with Crippen LogP contribution in [0.5, 0.6) is 0 Å². The van der Waals surface area contributed by atoms with Gasteiger partial charge in [-0.05, 0) is 171 Å². The van der Waals surface area contributed by atoms with E-state index in [1.165, 1.54) is 50.1 Å². The van der Waals surface area contributed by atoms with Crippen molar-refractivity contribution in [2.24, 2.45) is 0 Å². The van der Waals surface area contributed by atoms with Crippen LogP contribution in [0, 0.1) is 27.7 Å². The van der Waals surface area contributed by atoms with E-state index >= 15 is 0 Å². The van der Waals surface area contributed by atoms with E-state index in [1.54, 1.807) is 0 Å². The highest BCUT2D eigenvalue weighted by Crippen LogP contribution is 2.67. The average Bonchev–Trinajstić information content (AvgIpc) is 1.49. The molecule has 0 saturated heterocycles. The molecular weight excluding hydrogens is 1040 g/mol. The molecule has 0 unspecified atom stereocenters. The van der Waals surface area contributed by atoms with Gasteiger partial charge in [0.1, 0.15) is 22.8 Å². The van der Waals surface area contributed by atoms with Crippen LogP contribution in [0.2, 0.25) is 0 Å². The summed E-state index contributed by atoms with van der Waals surface area (Å²) in [7, 11) is 0. The molecule has 0 aliphatic heterocycles. The highest BCUT2D eigenvalue weighted by Gasteiger charge is 2.54. The molecule has 3 aromatic heterocycles. The van der Waals surface area contributed by atoms with Crippen LogP contribution in [0.15, 0.2) is 235 Å². The first-order valence-corrected chi connectivity index (χ1v) is 30.2. The fourth-order valence-electron chi connectivity index (χ4n) is 14.0. The number of nitrogens with zero attached hydrogens (tertiary/aromatic N) is 4. The van der Waals surface area contributed by atoms with E-state index in [0.717, 1.165) is 117 Å². The smallest absolute Gasteiger partial charge is 0.145 e. The van der Waals surface area contributed by atoms with Crippen molar-refractivity contribution in [3.63, 3.8) is 0 Å². The van der Waals surface area contributed by atoms with Gasteiger partial charge in [0.15, 0.2) is 0 Å².